The third-order valence-corrected chi connectivity index (χ3v) is 9.48. The minimum atomic E-state index is -0.613. The molecule has 0 aromatic rings. The van der Waals surface area contributed by atoms with Gasteiger partial charge in [0, 0.05) is 19.4 Å². The molecule has 0 aliphatic rings. The van der Waals surface area contributed by atoms with Crippen molar-refractivity contribution in [2.24, 2.45) is 0 Å². The highest BCUT2D eigenvalue weighted by Crippen LogP contribution is 2.12. The van der Waals surface area contributed by atoms with Crippen LogP contribution >= 0.6 is 0 Å². The van der Waals surface area contributed by atoms with Gasteiger partial charge in [-0.3, -0.25) is 9.59 Å². The second-order valence-corrected chi connectivity index (χ2v) is 15.2. The first-order valence-electron chi connectivity index (χ1n) is 24.1. The van der Waals surface area contributed by atoms with Crippen molar-refractivity contribution in [2.75, 3.05) is 19.8 Å². The summed E-state index contributed by atoms with van der Waals surface area (Å²) in [5.41, 5.74) is 0. The quantitative estimate of drug-likeness (QED) is 0.0348. The van der Waals surface area contributed by atoms with Crippen molar-refractivity contribution in [3.05, 3.63) is 122 Å². The predicted molar refractivity (Wildman–Crippen MR) is 260 cm³/mol. The van der Waals surface area contributed by atoms with Crippen molar-refractivity contribution in [2.45, 2.75) is 194 Å². The molecule has 0 N–H and O–H groups in total. The summed E-state index contributed by atoms with van der Waals surface area (Å²) in [4.78, 5) is 25.3. The summed E-state index contributed by atoms with van der Waals surface area (Å²) in [6.07, 6.45) is 69.4. The third-order valence-electron chi connectivity index (χ3n) is 9.48. The summed E-state index contributed by atoms with van der Waals surface area (Å²) in [6, 6.07) is 0. The Hall–Kier alpha value is -3.70. The molecule has 0 fully saturated rings. The molecule has 0 heterocycles. The van der Waals surface area contributed by atoms with Gasteiger partial charge in [-0.2, -0.15) is 0 Å². The highest BCUT2D eigenvalue weighted by Gasteiger charge is 2.17. The molecule has 0 aromatic heterocycles. The molecule has 0 spiro atoms. The van der Waals surface area contributed by atoms with Crippen LogP contribution in [0.2, 0.25) is 0 Å². The molecule has 1 unspecified atom stereocenters. The molecule has 60 heavy (non-hydrogen) atoms. The van der Waals surface area contributed by atoms with Crippen LogP contribution in [0.15, 0.2) is 122 Å². The lowest BCUT2D eigenvalue weighted by atomic mass is 10.1. The van der Waals surface area contributed by atoms with Gasteiger partial charge in [0.1, 0.15) is 6.61 Å². The highest BCUT2D eigenvalue weighted by atomic mass is 16.6. The van der Waals surface area contributed by atoms with Crippen molar-refractivity contribution in [1.29, 1.82) is 0 Å². The van der Waals surface area contributed by atoms with E-state index in [0.717, 1.165) is 96.3 Å². The van der Waals surface area contributed by atoms with E-state index in [1.807, 2.05) is 6.08 Å². The smallest absolute Gasteiger partial charge is 0.306 e. The number of unbranched alkanes of at least 4 members (excludes halogenated alkanes) is 11. The topological polar surface area (TPSA) is 61.8 Å². The van der Waals surface area contributed by atoms with Crippen molar-refractivity contribution >= 4 is 11.9 Å². The number of hydrogen-bond donors (Lipinski definition) is 0. The van der Waals surface area contributed by atoms with E-state index in [-0.39, 0.29) is 31.6 Å². The summed E-state index contributed by atoms with van der Waals surface area (Å²) >= 11 is 0. The maximum absolute atomic E-state index is 12.7. The molecule has 0 aliphatic carbocycles. The first kappa shape index (κ1) is 56.3. The normalized spacial score (nSPS) is 13.3. The first-order valence-corrected chi connectivity index (χ1v) is 24.1. The fourth-order valence-corrected chi connectivity index (χ4v) is 5.97. The van der Waals surface area contributed by atoms with Gasteiger partial charge in [0.2, 0.25) is 0 Å². The summed E-state index contributed by atoms with van der Waals surface area (Å²) in [5, 5.41) is 0. The van der Waals surface area contributed by atoms with E-state index in [2.05, 4.69) is 136 Å². The van der Waals surface area contributed by atoms with E-state index in [4.69, 9.17) is 14.2 Å². The molecule has 0 bridgehead atoms. The predicted octanol–water partition coefficient (Wildman–Crippen LogP) is 16.2. The van der Waals surface area contributed by atoms with Crippen LogP contribution in [0, 0.1) is 0 Å². The van der Waals surface area contributed by atoms with E-state index < -0.39 is 6.10 Å². The van der Waals surface area contributed by atoms with E-state index in [0.29, 0.717) is 19.4 Å². The van der Waals surface area contributed by atoms with Crippen molar-refractivity contribution in [3.63, 3.8) is 0 Å². The number of esters is 2. The lowest BCUT2D eigenvalue weighted by molar-refractivity contribution is -0.162. The third kappa shape index (κ3) is 47.0. The highest BCUT2D eigenvalue weighted by molar-refractivity contribution is 5.70. The Morgan fingerprint density at radius 1 is 0.383 bits per heavy atom. The summed E-state index contributed by atoms with van der Waals surface area (Å²) < 4.78 is 17.2. The average Bonchev–Trinajstić information content (AvgIpc) is 3.25. The SMILES string of the molecule is CC/C=C\C/C=C\C/C=C\C/C=C\CCCOCC(COC(=O)CCCCCCCCC/C=C\C/C=C\CCCCC)OC(=O)CC/C=C\C/C=C\C/C=C\C/C=C\CC. The Balaban J connectivity index is 4.46. The second-order valence-electron chi connectivity index (χ2n) is 15.2. The molecule has 5 heteroatoms. The Morgan fingerprint density at radius 2 is 0.783 bits per heavy atom. The van der Waals surface area contributed by atoms with Crippen LogP contribution in [0.3, 0.4) is 0 Å². The Morgan fingerprint density at radius 3 is 1.27 bits per heavy atom. The molecule has 338 valence electrons. The molecular weight excluding hydrogens is 741 g/mol. The monoisotopic (exact) mass is 829 g/mol. The van der Waals surface area contributed by atoms with E-state index in [1.165, 1.54) is 51.4 Å². The molecule has 0 rings (SSSR count). The van der Waals surface area contributed by atoms with Gasteiger partial charge in [0.05, 0.1) is 6.61 Å². The van der Waals surface area contributed by atoms with Gasteiger partial charge in [-0.1, -0.05) is 187 Å². The van der Waals surface area contributed by atoms with Gasteiger partial charge in [0.15, 0.2) is 6.10 Å². The fourth-order valence-electron chi connectivity index (χ4n) is 5.97. The van der Waals surface area contributed by atoms with Gasteiger partial charge in [-0.15, -0.1) is 0 Å². The summed E-state index contributed by atoms with van der Waals surface area (Å²) in [6.45, 7) is 7.32. The van der Waals surface area contributed by atoms with Gasteiger partial charge in [-0.25, -0.2) is 0 Å². The van der Waals surface area contributed by atoms with Crippen molar-refractivity contribution in [1.82, 2.24) is 0 Å². The number of rotatable bonds is 42. The minimum absolute atomic E-state index is 0.0229. The number of allylic oxidation sites excluding steroid dienone is 20. The van der Waals surface area contributed by atoms with Gasteiger partial charge >= 0.3 is 11.9 Å². The second kappa shape index (κ2) is 49.7. The Kier molecular flexibility index (Phi) is 46.6. The van der Waals surface area contributed by atoms with Gasteiger partial charge < -0.3 is 14.2 Å². The summed E-state index contributed by atoms with van der Waals surface area (Å²) in [7, 11) is 0. The van der Waals surface area contributed by atoms with E-state index in [1.54, 1.807) is 0 Å². The number of hydrogen-bond acceptors (Lipinski definition) is 5. The number of ether oxygens (including phenoxy) is 3. The number of carbonyl (C=O) groups excluding carboxylic acids is 2. The van der Waals surface area contributed by atoms with Crippen LogP contribution in [0.5, 0.6) is 0 Å². The van der Waals surface area contributed by atoms with Gasteiger partial charge in [-0.05, 0) is 109 Å². The minimum Gasteiger partial charge on any atom is -0.462 e. The maximum atomic E-state index is 12.7. The van der Waals surface area contributed by atoms with Crippen LogP contribution < -0.4 is 0 Å². The van der Waals surface area contributed by atoms with Crippen LogP contribution in [0.25, 0.3) is 0 Å². The van der Waals surface area contributed by atoms with Crippen LogP contribution in [-0.2, 0) is 23.8 Å². The molecule has 0 saturated heterocycles. The molecule has 5 nitrogen and oxygen atoms in total. The van der Waals surface area contributed by atoms with E-state index >= 15 is 0 Å². The van der Waals surface area contributed by atoms with Crippen molar-refractivity contribution in [3.8, 4) is 0 Å². The summed E-state index contributed by atoms with van der Waals surface area (Å²) in [5.74, 6) is -0.541. The zero-order valence-electron chi connectivity index (χ0n) is 38.7. The molecule has 0 aliphatic heterocycles. The Labute approximate surface area is 369 Å². The molecule has 0 aromatic carbocycles. The number of carbonyl (C=O) groups is 2. The standard InChI is InChI=1S/C55H88O5/c1-4-7-10-13-16-19-22-25-27-28-29-31-33-36-39-42-45-48-54(56)59-52-53(51-58-50-47-44-41-38-35-32-26-23-20-17-14-11-8-5-2)60-55(57)49-46-43-40-37-34-30-24-21-18-15-12-9-6-3/h8-9,11-12,16-21,25-27,30,32,34,38,40-41,43,53H,4-7,10,13-15,22-24,28-29,31,33,35-37,39,42,44-52H2,1-3H3/b11-8-,12-9-,19-16-,20-17-,21-18-,27-25-,32-26-,34-30-,41-38-,43-40-. The van der Waals surface area contributed by atoms with Crippen LogP contribution in [-0.4, -0.2) is 37.9 Å². The zero-order valence-corrected chi connectivity index (χ0v) is 38.7. The lowest BCUT2D eigenvalue weighted by Crippen LogP contribution is -2.30. The molecule has 0 saturated carbocycles. The molecule has 1 atom stereocenters. The van der Waals surface area contributed by atoms with Crippen LogP contribution in [0.1, 0.15) is 188 Å². The fraction of sp³-hybridized carbons (Fsp3) is 0.600. The Bertz CT molecular complexity index is 1260. The molecular formula is C55H88O5. The first-order chi connectivity index (χ1) is 29.6. The zero-order chi connectivity index (χ0) is 43.5. The maximum Gasteiger partial charge on any atom is 0.306 e. The largest absolute Gasteiger partial charge is 0.462 e. The van der Waals surface area contributed by atoms with Crippen LogP contribution in [0.4, 0.5) is 0 Å². The lowest BCUT2D eigenvalue weighted by Gasteiger charge is -2.18. The average molecular weight is 829 g/mol. The molecule has 0 radical (unpaired) electrons. The van der Waals surface area contributed by atoms with Gasteiger partial charge in [0.25, 0.3) is 0 Å². The van der Waals surface area contributed by atoms with Crippen molar-refractivity contribution < 1.29 is 23.8 Å². The molecule has 0 amide bonds. The van der Waals surface area contributed by atoms with E-state index in [9.17, 15) is 9.59 Å².